The molecule has 4 aromatic rings. The fraction of sp³-hybridized carbons (Fsp3) is 0. The number of phenolic OH excluding ortho intramolecular Hbond substituents is 1. The minimum absolute atomic E-state index is 0.240. The lowest BCUT2D eigenvalue weighted by atomic mass is 9.96. The molecule has 4 rings (SSSR count). The Labute approximate surface area is 122 Å². The first-order chi connectivity index (χ1) is 10.3. The molecule has 0 radical (unpaired) electrons. The molecule has 0 spiro atoms. The van der Waals surface area contributed by atoms with Crippen LogP contribution in [0.5, 0.6) is 5.75 Å². The van der Waals surface area contributed by atoms with Gasteiger partial charge in [-0.3, -0.25) is 0 Å². The molecule has 1 aromatic heterocycles. The van der Waals surface area contributed by atoms with Gasteiger partial charge < -0.3 is 5.11 Å². The molecule has 21 heavy (non-hydrogen) atoms. The van der Waals surface area contributed by atoms with Gasteiger partial charge in [0.15, 0.2) is 0 Å². The Balaban J connectivity index is 2.22. The fourth-order valence-corrected chi connectivity index (χ4v) is 2.80. The number of aromatic nitrogens is 1. The number of phenols is 1. The second-order valence-corrected chi connectivity index (χ2v) is 5.07. The van der Waals surface area contributed by atoms with E-state index in [-0.39, 0.29) is 5.75 Å². The lowest BCUT2D eigenvalue weighted by molar-refractivity contribution is 0.476. The van der Waals surface area contributed by atoms with Crippen LogP contribution in [0.15, 0.2) is 72.8 Å². The minimum atomic E-state index is 0.240. The summed E-state index contributed by atoms with van der Waals surface area (Å²) in [5.41, 5.74) is 4.07. The molecule has 0 saturated heterocycles. The van der Waals surface area contributed by atoms with E-state index in [2.05, 4.69) is 23.2 Å². The lowest BCUT2D eigenvalue weighted by Crippen LogP contribution is -1.88. The van der Waals surface area contributed by atoms with Crippen LogP contribution in [0, 0.1) is 0 Å². The van der Waals surface area contributed by atoms with Crippen molar-refractivity contribution in [2.75, 3.05) is 0 Å². The van der Waals surface area contributed by atoms with Gasteiger partial charge in [0.2, 0.25) is 0 Å². The number of fused-ring (bicyclic) bond motifs is 2. The zero-order chi connectivity index (χ0) is 14.2. The Bertz CT molecular complexity index is 945. The summed E-state index contributed by atoms with van der Waals surface area (Å²) in [5.74, 6) is 0.240. The van der Waals surface area contributed by atoms with Crippen LogP contribution in [0.2, 0.25) is 0 Å². The van der Waals surface area contributed by atoms with E-state index in [0.717, 1.165) is 32.9 Å². The van der Waals surface area contributed by atoms with Crippen molar-refractivity contribution in [1.82, 2.24) is 4.98 Å². The van der Waals surface area contributed by atoms with Crippen molar-refractivity contribution in [3.8, 4) is 16.9 Å². The predicted molar refractivity (Wildman–Crippen MR) is 86.3 cm³/mol. The quantitative estimate of drug-likeness (QED) is 0.506. The molecule has 2 nitrogen and oxygen atoms in total. The van der Waals surface area contributed by atoms with E-state index in [9.17, 15) is 5.11 Å². The zero-order valence-corrected chi connectivity index (χ0v) is 11.3. The molecule has 0 saturated carbocycles. The largest absolute Gasteiger partial charge is 0.508 e. The molecule has 0 fully saturated rings. The van der Waals surface area contributed by atoms with E-state index < -0.39 is 0 Å². The van der Waals surface area contributed by atoms with E-state index in [4.69, 9.17) is 0 Å². The number of nitrogens with zero attached hydrogens (tertiary/aromatic N) is 1. The highest BCUT2D eigenvalue weighted by molar-refractivity contribution is 6.09. The average Bonchev–Trinajstić information content (AvgIpc) is 2.53. The SMILES string of the molecule is Oc1ccc2c(-c3ccccc3)c3ccccc3nc2c1. The van der Waals surface area contributed by atoms with Crippen molar-refractivity contribution in [2.24, 2.45) is 0 Å². The maximum Gasteiger partial charge on any atom is 0.117 e. The average molecular weight is 271 g/mol. The normalized spacial score (nSPS) is 11.0. The maximum atomic E-state index is 9.72. The van der Waals surface area contributed by atoms with Crippen molar-refractivity contribution in [2.45, 2.75) is 0 Å². The van der Waals surface area contributed by atoms with Crippen molar-refractivity contribution in [3.63, 3.8) is 0 Å². The Morgan fingerprint density at radius 2 is 1.38 bits per heavy atom. The van der Waals surface area contributed by atoms with Crippen LogP contribution in [0.4, 0.5) is 0 Å². The van der Waals surface area contributed by atoms with Gasteiger partial charge >= 0.3 is 0 Å². The second kappa shape index (κ2) is 4.60. The lowest BCUT2D eigenvalue weighted by Gasteiger charge is -2.11. The Morgan fingerprint density at radius 1 is 0.667 bits per heavy atom. The molecule has 0 amide bonds. The Morgan fingerprint density at radius 3 is 2.24 bits per heavy atom. The number of rotatable bonds is 1. The topological polar surface area (TPSA) is 33.1 Å². The molecule has 0 unspecified atom stereocenters. The van der Waals surface area contributed by atoms with Gasteiger partial charge in [0.25, 0.3) is 0 Å². The number of hydrogen-bond donors (Lipinski definition) is 1. The standard InChI is InChI=1S/C19H13NO/c21-14-10-11-16-18(12-14)20-17-9-5-4-8-15(17)19(16)13-6-2-1-3-7-13/h1-12,21H. The molecule has 0 aliphatic rings. The Hall–Kier alpha value is -2.87. The number of hydrogen-bond acceptors (Lipinski definition) is 2. The van der Waals surface area contributed by atoms with Crippen LogP contribution in [-0.4, -0.2) is 10.1 Å². The van der Waals surface area contributed by atoms with Crippen LogP contribution < -0.4 is 0 Å². The maximum absolute atomic E-state index is 9.72. The summed E-state index contributed by atoms with van der Waals surface area (Å²) >= 11 is 0. The predicted octanol–water partition coefficient (Wildman–Crippen LogP) is 4.76. The summed E-state index contributed by atoms with van der Waals surface area (Å²) in [6.45, 7) is 0. The first-order valence-electron chi connectivity index (χ1n) is 6.90. The molecule has 0 bridgehead atoms. The third-order valence-electron chi connectivity index (χ3n) is 3.73. The smallest absolute Gasteiger partial charge is 0.117 e. The number of benzene rings is 3. The van der Waals surface area contributed by atoms with E-state index in [1.54, 1.807) is 12.1 Å². The Kier molecular flexibility index (Phi) is 2.61. The molecule has 3 aromatic carbocycles. The highest BCUT2D eigenvalue weighted by Gasteiger charge is 2.10. The van der Waals surface area contributed by atoms with Crippen molar-refractivity contribution in [1.29, 1.82) is 0 Å². The number of pyridine rings is 1. The monoisotopic (exact) mass is 271 g/mol. The molecule has 0 aliphatic heterocycles. The molecule has 0 aliphatic carbocycles. The number of para-hydroxylation sites is 1. The fourth-order valence-electron chi connectivity index (χ4n) is 2.80. The highest BCUT2D eigenvalue weighted by Crippen LogP contribution is 2.35. The summed E-state index contributed by atoms with van der Waals surface area (Å²) in [7, 11) is 0. The second-order valence-electron chi connectivity index (χ2n) is 5.07. The minimum Gasteiger partial charge on any atom is -0.508 e. The third kappa shape index (κ3) is 1.93. The molecular formula is C19H13NO. The van der Waals surface area contributed by atoms with Crippen LogP contribution >= 0.6 is 0 Å². The van der Waals surface area contributed by atoms with Crippen LogP contribution in [-0.2, 0) is 0 Å². The van der Waals surface area contributed by atoms with Crippen LogP contribution in [0.3, 0.4) is 0 Å². The van der Waals surface area contributed by atoms with Crippen molar-refractivity contribution >= 4 is 21.8 Å². The van der Waals surface area contributed by atoms with Gasteiger partial charge in [-0.1, -0.05) is 48.5 Å². The molecule has 1 heterocycles. The first kappa shape index (κ1) is 11.9. The van der Waals surface area contributed by atoms with Gasteiger partial charge in [0, 0.05) is 22.4 Å². The van der Waals surface area contributed by atoms with E-state index in [0.29, 0.717) is 0 Å². The first-order valence-corrected chi connectivity index (χ1v) is 6.90. The van der Waals surface area contributed by atoms with E-state index in [1.807, 2.05) is 42.5 Å². The van der Waals surface area contributed by atoms with Gasteiger partial charge in [0.1, 0.15) is 5.75 Å². The summed E-state index contributed by atoms with van der Waals surface area (Å²) in [6.07, 6.45) is 0. The van der Waals surface area contributed by atoms with Gasteiger partial charge in [0.05, 0.1) is 11.0 Å². The van der Waals surface area contributed by atoms with E-state index >= 15 is 0 Å². The summed E-state index contributed by atoms with van der Waals surface area (Å²) in [5, 5.41) is 11.9. The van der Waals surface area contributed by atoms with Gasteiger partial charge in [-0.15, -0.1) is 0 Å². The molecular weight excluding hydrogens is 258 g/mol. The summed E-state index contributed by atoms with van der Waals surface area (Å²) in [6, 6.07) is 23.8. The van der Waals surface area contributed by atoms with Gasteiger partial charge in [-0.25, -0.2) is 4.98 Å². The highest BCUT2D eigenvalue weighted by atomic mass is 16.3. The molecule has 0 atom stereocenters. The van der Waals surface area contributed by atoms with Crippen molar-refractivity contribution in [3.05, 3.63) is 72.8 Å². The van der Waals surface area contributed by atoms with Crippen molar-refractivity contribution < 1.29 is 5.11 Å². The molecule has 2 heteroatoms. The zero-order valence-electron chi connectivity index (χ0n) is 11.3. The molecule has 1 N–H and O–H groups in total. The molecule has 100 valence electrons. The van der Waals surface area contributed by atoms with Gasteiger partial charge in [-0.05, 0) is 23.8 Å². The van der Waals surface area contributed by atoms with Crippen LogP contribution in [0.25, 0.3) is 32.9 Å². The summed E-state index contributed by atoms with van der Waals surface area (Å²) in [4.78, 5) is 4.66. The van der Waals surface area contributed by atoms with Gasteiger partial charge in [-0.2, -0.15) is 0 Å². The number of aromatic hydroxyl groups is 1. The summed E-state index contributed by atoms with van der Waals surface area (Å²) < 4.78 is 0. The van der Waals surface area contributed by atoms with Crippen LogP contribution in [0.1, 0.15) is 0 Å². The third-order valence-corrected chi connectivity index (χ3v) is 3.73. The van der Waals surface area contributed by atoms with E-state index in [1.165, 1.54) is 0 Å².